The topological polar surface area (TPSA) is 20.3 Å². The van der Waals surface area contributed by atoms with Crippen molar-refractivity contribution < 1.29 is 4.79 Å². The fourth-order valence-corrected chi connectivity index (χ4v) is 1.73. The van der Waals surface area contributed by atoms with Gasteiger partial charge >= 0.3 is 0 Å². The molecule has 0 aliphatic carbocycles. The maximum absolute atomic E-state index is 11.7. The van der Waals surface area contributed by atoms with Gasteiger partial charge in [0.1, 0.15) is 0 Å². The average molecular weight is 189 g/mol. The number of para-hydroxylation sites is 1. The van der Waals surface area contributed by atoms with E-state index >= 15 is 0 Å². The van der Waals surface area contributed by atoms with Crippen LogP contribution in [0.4, 0.5) is 5.69 Å². The van der Waals surface area contributed by atoms with Crippen LogP contribution in [0.2, 0.25) is 0 Å². The first-order chi connectivity index (χ1) is 6.83. The summed E-state index contributed by atoms with van der Waals surface area (Å²) in [6, 6.07) is 7.91. The van der Waals surface area contributed by atoms with Crippen LogP contribution in [0.1, 0.15) is 30.1 Å². The van der Waals surface area contributed by atoms with Crippen molar-refractivity contribution >= 4 is 11.5 Å². The van der Waals surface area contributed by atoms with Crippen LogP contribution in [0.15, 0.2) is 24.3 Å². The van der Waals surface area contributed by atoms with Crippen molar-refractivity contribution in [3.05, 3.63) is 29.8 Å². The second kappa shape index (κ2) is 3.82. The summed E-state index contributed by atoms with van der Waals surface area (Å²) in [6.07, 6.45) is 1.83. The molecule has 1 aromatic rings. The van der Waals surface area contributed by atoms with Gasteiger partial charge in [0, 0.05) is 30.8 Å². The highest BCUT2D eigenvalue weighted by molar-refractivity contribution is 6.01. The average Bonchev–Trinajstić information content (AvgIpc) is 2.15. The van der Waals surface area contributed by atoms with Crippen LogP contribution in [0.3, 0.4) is 0 Å². The summed E-state index contributed by atoms with van der Waals surface area (Å²) in [5, 5.41) is 0. The Labute approximate surface area is 84.5 Å². The molecule has 1 aliphatic heterocycles. The SMILES string of the molecule is CCC(=O)c1ccccc1N1CCC1. The molecular weight excluding hydrogens is 174 g/mol. The third-order valence-corrected chi connectivity index (χ3v) is 2.72. The molecule has 1 fully saturated rings. The van der Waals surface area contributed by atoms with Crippen LogP contribution in [0, 0.1) is 0 Å². The maximum atomic E-state index is 11.7. The zero-order valence-corrected chi connectivity index (χ0v) is 8.49. The summed E-state index contributed by atoms with van der Waals surface area (Å²) in [4.78, 5) is 13.9. The van der Waals surface area contributed by atoms with Crippen LogP contribution in [-0.2, 0) is 0 Å². The van der Waals surface area contributed by atoms with Crippen molar-refractivity contribution in [2.24, 2.45) is 0 Å². The van der Waals surface area contributed by atoms with Gasteiger partial charge in [0.2, 0.25) is 0 Å². The van der Waals surface area contributed by atoms with Crippen LogP contribution in [0.25, 0.3) is 0 Å². The molecule has 1 heterocycles. The fraction of sp³-hybridized carbons (Fsp3) is 0.417. The van der Waals surface area contributed by atoms with Gasteiger partial charge < -0.3 is 4.90 Å². The van der Waals surface area contributed by atoms with E-state index in [1.54, 1.807) is 0 Å². The molecular formula is C12H15NO. The summed E-state index contributed by atoms with van der Waals surface area (Å²) < 4.78 is 0. The Morgan fingerprint density at radius 3 is 2.64 bits per heavy atom. The van der Waals surface area contributed by atoms with Gasteiger partial charge in [-0.05, 0) is 18.6 Å². The van der Waals surface area contributed by atoms with Crippen molar-refractivity contribution in [2.75, 3.05) is 18.0 Å². The minimum absolute atomic E-state index is 0.243. The first-order valence-corrected chi connectivity index (χ1v) is 5.20. The number of ketones is 1. The molecule has 0 radical (unpaired) electrons. The molecule has 0 amide bonds. The Morgan fingerprint density at radius 2 is 2.07 bits per heavy atom. The number of carbonyl (C=O) groups excluding carboxylic acids is 1. The summed E-state index contributed by atoms with van der Waals surface area (Å²) >= 11 is 0. The molecule has 0 saturated carbocycles. The predicted molar refractivity (Wildman–Crippen MR) is 57.9 cm³/mol. The molecule has 0 aromatic heterocycles. The molecule has 0 N–H and O–H groups in total. The third kappa shape index (κ3) is 1.52. The van der Waals surface area contributed by atoms with Crippen molar-refractivity contribution in [3.63, 3.8) is 0 Å². The minimum Gasteiger partial charge on any atom is -0.371 e. The number of anilines is 1. The molecule has 0 atom stereocenters. The van der Waals surface area contributed by atoms with Crippen LogP contribution >= 0.6 is 0 Å². The van der Waals surface area contributed by atoms with Crippen molar-refractivity contribution in [3.8, 4) is 0 Å². The lowest BCUT2D eigenvalue weighted by Crippen LogP contribution is -2.37. The molecule has 74 valence electrons. The second-order valence-corrected chi connectivity index (χ2v) is 3.63. The highest BCUT2D eigenvalue weighted by Gasteiger charge is 2.19. The molecule has 2 nitrogen and oxygen atoms in total. The van der Waals surface area contributed by atoms with Crippen LogP contribution in [0.5, 0.6) is 0 Å². The van der Waals surface area contributed by atoms with E-state index in [4.69, 9.17) is 0 Å². The molecule has 0 unspecified atom stereocenters. The molecule has 0 bridgehead atoms. The summed E-state index contributed by atoms with van der Waals surface area (Å²) in [5.41, 5.74) is 2.00. The van der Waals surface area contributed by atoms with Gasteiger partial charge in [-0.2, -0.15) is 0 Å². The number of carbonyl (C=O) groups is 1. The smallest absolute Gasteiger partial charge is 0.164 e. The first kappa shape index (κ1) is 9.25. The normalized spacial score (nSPS) is 15.1. The summed E-state index contributed by atoms with van der Waals surface area (Å²) in [6.45, 7) is 4.09. The Morgan fingerprint density at radius 1 is 1.36 bits per heavy atom. The van der Waals surface area contributed by atoms with E-state index in [1.807, 2.05) is 31.2 Å². The Bertz CT molecular complexity index is 342. The van der Waals surface area contributed by atoms with Gasteiger partial charge in [-0.3, -0.25) is 4.79 Å². The highest BCUT2D eigenvalue weighted by Crippen LogP contribution is 2.25. The van der Waals surface area contributed by atoms with Crippen molar-refractivity contribution in [2.45, 2.75) is 19.8 Å². The van der Waals surface area contributed by atoms with E-state index in [9.17, 15) is 4.79 Å². The first-order valence-electron chi connectivity index (χ1n) is 5.20. The van der Waals surface area contributed by atoms with Gasteiger partial charge in [-0.25, -0.2) is 0 Å². The Hall–Kier alpha value is -1.31. The molecule has 2 rings (SSSR count). The quantitative estimate of drug-likeness (QED) is 0.681. The van der Waals surface area contributed by atoms with E-state index in [1.165, 1.54) is 6.42 Å². The minimum atomic E-state index is 0.243. The van der Waals surface area contributed by atoms with Gasteiger partial charge in [-0.15, -0.1) is 0 Å². The molecule has 0 spiro atoms. The van der Waals surface area contributed by atoms with Gasteiger partial charge in [0.25, 0.3) is 0 Å². The molecule has 14 heavy (non-hydrogen) atoms. The summed E-state index contributed by atoms with van der Waals surface area (Å²) in [7, 11) is 0. The third-order valence-electron chi connectivity index (χ3n) is 2.72. The second-order valence-electron chi connectivity index (χ2n) is 3.63. The summed E-state index contributed by atoms with van der Waals surface area (Å²) in [5.74, 6) is 0.243. The largest absolute Gasteiger partial charge is 0.371 e. The molecule has 1 aliphatic rings. The molecule has 1 saturated heterocycles. The van der Waals surface area contributed by atoms with Gasteiger partial charge in [0.15, 0.2) is 5.78 Å². The number of rotatable bonds is 3. The zero-order valence-electron chi connectivity index (χ0n) is 8.49. The van der Waals surface area contributed by atoms with E-state index in [2.05, 4.69) is 4.90 Å². The lowest BCUT2D eigenvalue weighted by molar-refractivity contribution is 0.0988. The van der Waals surface area contributed by atoms with Crippen LogP contribution < -0.4 is 4.90 Å². The van der Waals surface area contributed by atoms with E-state index in [0.29, 0.717) is 6.42 Å². The number of benzene rings is 1. The van der Waals surface area contributed by atoms with Crippen molar-refractivity contribution in [1.29, 1.82) is 0 Å². The lowest BCUT2D eigenvalue weighted by atomic mass is 10.0. The zero-order chi connectivity index (χ0) is 9.97. The number of Topliss-reactive ketones (excluding diaryl/α,β-unsaturated/α-hetero) is 1. The highest BCUT2D eigenvalue weighted by atomic mass is 16.1. The fourth-order valence-electron chi connectivity index (χ4n) is 1.73. The number of hydrogen-bond acceptors (Lipinski definition) is 2. The van der Waals surface area contributed by atoms with Crippen molar-refractivity contribution in [1.82, 2.24) is 0 Å². The Kier molecular flexibility index (Phi) is 2.53. The standard InChI is InChI=1S/C12H15NO/c1-2-12(14)10-6-3-4-7-11(10)13-8-5-9-13/h3-4,6-7H,2,5,8-9H2,1H3. The Balaban J connectivity index is 2.32. The van der Waals surface area contributed by atoms with E-state index in [0.717, 1.165) is 24.3 Å². The molecule has 2 heteroatoms. The number of nitrogens with zero attached hydrogens (tertiary/aromatic N) is 1. The molecule has 1 aromatic carbocycles. The van der Waals surface area contributed by atoms with Gasteiger partial charge in [0.05, 0.1) is 0 Å². The lowest BCUT2D eigenvalue weighted by Gasteiger charge is -2.34. The van der Waals surface area contributed by atoms with E-state index in [-0.39, 0.29) is 5.78 Å². The number of hydrogen-bond donors (Lipinski definition) is 0. The van der Waals surface area contributed by atoms with E-state index < -0.39 is 0 Å². The van der Waals surface area contributed by atoms with Gasteiger partial charge in [-0.1, -0.05) is 19.1 Å². The monoisotopic (exact) mass is 189 g/mol. The maximum Gasteiger partial charge on any atom is 0.164 e. The predicted octanol–water partition coefficient (Wildman–Crippen LogP) is 2.49. The van der Waals surface area contributed by atoms with Crippen LogP contribution in [-0.4, -0.2) is 18.9 Å².